The van der Waals surface area contributed by atoms with Crippen molar-refractivity contribution in [2.75, 3.05) is 13.1 Å². The molecule has 7 heteroatoms. The molecule has 1 aliphatic rings. The molecule has 0 aliphatic carbocycles. The maximum Gasteiger partial charge on any atom is 0.261 e. The third-order valence-electron chi connectivity index (χ3n) is 4.61. The van der Waals surface area contributed by atoms with Gasteiger partial charge in [-0.1, -0.05) is 17.3 Å². The molecule has 0 unspecified atom stereocenters. The minimum atomic E-state index is -0.00104. The number of rotatable bonds is 3. The molecule has 124 valence electrons. The summed E-state index contributed by atoms with van der Waals surface area (Å²) in [6.45, 7) is 4.23. The van der Waals surface area contributed by atoms with Crippen molar-refractivity contribution < 1.29 is 4.52 Å². The Hall–Kier alpha value is -2.54. The average Bonchev–Trinajstić information content (AvgIpc) is 3.21. The second-order valence-electron chi connectivity index (χ2n) is 6.31. The van der Waals surface area contributed by atoms with Gasteiger partial charge in [0.2, 0.25) is 5.89 Å². The lowest BCUT2D eigenvalue weighted by Crippen LogP contribution is -2.28. The first-order valence-corrected chi connectivity index (χ1v) is 8.09. The van der Waals surface area contributed by atoms with Gasteiger partial charge in [-0.15, -0.1) is 0 Å². The van der Waals surface area contributed by atoms with Crippen LogP contribution >= 0.6 is 0 Å². The fraction of sp³-hybridized carbons (Fsp3) is 0.412. The Morgan fingerprint density at radius 3 is 2.92 bits per heavy atom. The Kier molecular flexibility index (Phi) is 3.65. The van der Waals surface area contributed by atoms with Crippen LogP contribution in [0.3, 0.4) is 0 Å². The monoisotopic (exact) mass is 325 g/mol. The van der Waals surface area contributed by atoms with Gasteiger partial charge in [0.1, 0.15) is 5.82 Å². The van der Waals surface area contributed by atoms with E-state index in [1.165, 1.54) is 0 Å². The standard InChI is InChI=1S/C17H19N5O2/c1-11-18-16(24-20-11)12-7-8-22(9-12)10-15-19-14-6-4-3-5-13(14)17(23)21(15)2/h3-6,12H,7-10H2,1-2H3/t12-/m0/s1. The second-order valence-corrected chi connectivity index (χ2v) is 6.31. The molecule has 1 atom stereocenters. The van der Waals surface area contributed by atoms with Gasteiger partial charge in [0, 0.05) is 13.6 Å². The Bertz CT molecular complexity index is 946. The first-order valence-electron chi connectivity index (χ1n) is 8.09. The van der Waals surface area contributed by atoms with E-state index >= 15 is 0 Å². The molecule has 3 heterocycles. The summed E-state index contributed by atoms with van der Waals surface area (Å²) in [6.07, 6.45) is 0.975. The maximum atomic E-state index is 12.5. The predicted octanol–water partition coefficient (Wildman–Crippen LogP) is 1.61. The summed E-state index contributed by atoms with van der Waals surface area (Å²) in [5.41, 5.74) is 0.748. The number of fused-ring (bicyclic) bond motifs is 1. The maximum absolute atomic E-state index is 12.5. The molecule has 1 aromatic carbocycles. The number of aromatic nitrogens is 4. The van der Waals surface area contributed by atoms with Crippen LogP contribution in [-0.4, -0.2) is 37.7 Å². The van der Waals surface area contributed by atoms with E-state index in [9.17, 15) is 4.79 Å². The molecule has 1 aliphatic heterocycles. The van der Waals surface area contributed by atoms with Gasteiger partial charge in [0.15, 0.2) is 5.82 Å². The third-order valence-corrected chi connectivity index (χ3v) is 4.61. The number of benzene rings is 1. The van der Waals surface area contributed by atoms with Gasteiger partial charge in [-0.3, -0.25) is 14.3 Å². The van der Waals surface area contributed by atoms with E-state index in [-0.39, 0.29) is 11.5 Å². The van der Waals surface area contributed by atoms with Gasteiger partial charge in [-0.25, -0.2) is 4.98 Å². The van der Waals surface area contributed by atoms with Gasteiger partial charge in [-0.2, -0.15) is 4.98 Å². The van der Waals surface area contributed by atoms with Crippen LogP contribution in [0.1, 0.15) is 29.9 Å². The summed E-state index contributed by atoms with van der Waals surface area (Å²) < 4.78 is 6.93. The molecule has 0 radical (unpaired) electrons. The van der Waals surface area contributed by atoms with Gasteiger partial charge in [0.25, 0.3) is 5.56 Å². The van der Waals surface area contributed by atoms with Crippen molar-refractivity contribution >= 4 is 10.9 Å². The van der Waals surface area contributed by atoms with E-state index < -0.39 is 0 Å². The molecule has 7 nitrogen and oxygen atoms in total. The average molecular weight is 325 g/mol. The third kappa shape index (κ3) is 2.60. The van der Waals surface area contributed by atoms with E-state index in [4.69, 9.17) is 4.52 Å². The summed E-state index contributed by atoms with van der Waals surface area (Å²) in [6, 6.07) is 7.47. The molecule has 0 saturated carbocycles. The molecule has 2 aromatic heterocycles. The number of likely N-dealkylation sites (tertiary alicyclic amines) is 1. The minimum absolute atomic E-state index is 0.00104. The van der Waals surface area contributed by atoms with E-state index in [0.717, 1.165) is 30.9 Å². The zero-order valence-corrected chi connectivity index (χ0v) is 13.8. The highest BCUT2D eigenvalue weighted by Crippen LogP contribution is 2.26. The SMILES string of the molecule is Cc1noc([C@H]2CCN(Cc3nc4ccccc4c(=O)n3C)C2)n1. The molecule has 4 rings (SSSR count). The normalized spacial score (nSPS) is 18.5. The number of aryl methyl sites for hydroxylation is 1. The summed E-state index contributed by atoms with van der Waals surface area (Å²) in [7, 11) is 1.78. The lowest BCUT2D eigenvalue weighted by atomic mass is 10.1. The quantitative estimate of drug-likeness (QED) is 0.728. The van der Waals surface area contributed by atoms with Crippen molar-refractivity contribution in [3.05, 3.63) is 52.2 Å². The summed E-state index contributed by atoms with van der Waals surface area (Å²) in [5.74, 6) is 2.40. The Morgan fingerprint density at radius 2 is 2.12 bits per heavy atom. The van der Waals surface area contributed by atoms with Crippen LogP contribution in [0.2, 0.25) is 0 Å². The number of para-hydroxylation sites is 1. The topological polar surface area (TPSA) is 77.0 Å². The fourth-order valence-electron chi connectivity index (χ4n) is 3.26. The minimum Gasteiger partial charge on any atom is -0.339 e. The fourth-order valence-corrected chi connectivity index (χ4v) is 3.26. The van der Waals surface area contributed by atoms with E-state index in [1.54, 1.807) is 11.6 Å². The molecule has 1 fully saturated rings. The van der Waals surface area contributed by atoms with Crippen LogP contribution in [0.5, 0.6) is 0 Å². The first kappa shape index (κ1) is 15.0. The molecule has 0 N–H and O–H groups in total. The molecule has 3 aromatic rings. The lowest BCUT2D eigenvalue weighted by molar-refractivity contribution is 0.298. The van der Waals surface area contributed by atoms with Crippen molar-refractivity contribution in [3.8, 4) is 0 Å². The molecule has 0 bridgehead atoms. The van der Waals surface area contributed by atoms with Crippen molar-refractivity contribution in [2.24, 2.45) is 7.05 Å². The van der Waals surface area contributed by atoms with Crippen LogP contribution in [0.4, 0.5) is 0 Å². The van der Waals surface area contributed by atoms with Crippen molar-refractivity contribution in [3.63, 3.8) is 0 Å². The molecule has 0 spiro atoms. The van der Waals surface area contributed by atoms with Crippen LogP contribution in [0, 0.1) is 6.92 Å². The smallest absolute Gasteiger partial charge is 0.261 e. The van der Waals surface area contributed by atoms with E-state index in [0.29, 0.717) is 23.6 Å². The Morgan fingerprint density at radius 1 is 1.29 bits per heavy atom. The molecule has 24 heavy (non-hydrogen) atoms. The first-order chi connectivity index (χ1) is 11.6. The van der Waals surface area contributed by atoms with Crippen molar-refractivity contribution in [1.29, 1.82) is 0 Å². The molecule has 0 amide bonds. The predicted molar refractivity (Wildman–Crippen MR) is 88.7 cm³/mol. The van der Waals surface area contributed by atoms with Crippen LogP contribution in [0.25, 0.3) is 10.9 Å². The van der Waals surface area contributed by atoms with Crippen molar-refractivity contribution in [2.45, 2.75) is 25.8 Å². The number of hydrogen-bond donors (Lipinski definition) is 0. The Labute approximate surface area is 138 Å². The highest BCUT2D eigenvalue weighted by Gasteiger charge is 2.28. The van der Waals surface area contributed by atoms with Crippen LogP contribution in [0.15, 0.2) is 33.6 Å². The molecular weight excluding hydrogens is 306 g/mol. The van der Waals surface area contributed by atoms with Gasteiger partial charge in [0.05, 0.1) is 23.4 Å². The summed E-state index contributed by atoms with van der Waals surface area (Å²) >= 11 is 0. The zero-order valence-electron chi connectivity index (χ0n) is 13.8. The van der Waals surface area contributed by atoms with Gasteiger partial charge in [-0.05, 0) is 32.0 Å². The molecule has 1 saturated heterocycles. The highest BCUT2D eigenvalue weighted by molar-refractivity contribution is 5.77. The Balaban J connectivity index is 1.57. The highest BCUT2D eigenvalue weighted by atomic mass is 16.5. The van der Waals surface area contributed by atoms with E-state index in [1.807, 2.05) is 31.2 Å². The summed E-state index contributed by atoms with van der Waals surface area (Å²) in [4.78, 5) is 23.8. The lowest BCUT2D eigenvalue weighted by Gasteiger charge is -2.17. The van der Waals surface area contributed by atoms with Gasteiger partial charge < -0.3 is 4.52 Å². The number of hydrogen-bond acceptors (Lipinski definition) is 6. The number of nitrogens with zero attached hydrogens (tertiary/aromatic N) is 5. The zero-order chi connectivity index (χ0) is 16.7. The van der Waals surface area contributed by atoms with E-state index in [2.05, 4.69) is 20.0 Å². The summed E-state index contributed by atoms with van der Waals surface area (Å²) in [5, 5.41) is 4.52. The van der Waals surface area contributed by atoms with Gasteiger partial charge >= 0.3 is 0 Å². The largest absolute Gasteiger partial charge is 0.339 e. The van der Waals surface area contributed by atoms with Crippen LogP contribution < -0.4 is 5.56 Å². The second kappa shape index (κ2) is 5.83. The van der Waals surface area contributed by atoms with Crippen LogP contribution in [-0.2, 0) is 13.6 Å². The molecular formula is C17H19N5O2. The van der Waals surface area contributed by atoms with Crippen molar-refractivity contribution in [1.82, 2.24) is 24.6 Å².